The maximum atomic E-state index is 13.2. The van der Waals surface area contributed by atoms with Crippen LogP contribution < -0.4 is 10.1 Å². The Balaban J connectivity index is 1.47. The van der Waals surface area contributed by atoms with Gasteiger partial charge in [-0.25, -0.2) is 4.39 Å². The van der Waals surface area contributed by atoms with E-state index in [1.807, 2.05) is 0 Å². The monoisotopic (exact) mass is 652 g/mol. The number of carbonyl (C=O) groups excluding carboxylic acids is 3. The molecular formula is C25H16Br2ClFN2O4S. The van der Waals surface area contributed by atoms with Gasteiger partial charge in [0.25, 0.3) is 11.1 Å². The van der Waals surface area contributed by atoms with Crippen molar-refractivity contribution in [3.63, 3.8) is 0 Å². The van der Waals surface area contributed by atoms with Gasteiger partial charge in [0, 0.05) is 20.2 Å². The Morgan fingerprint density at radius 3 is 2.56 bits per heavy atom. The minimum atomic E-state index is -0.585. The highest BCUT2D eigenvalue weighted by molar-refractivity contribution is 9.10. The van der Waals surface area contributed by atoms with Crippen molar-refractivity contribution >= 4 is 84.0 Å². The number of nitrogens with one attached hydrogen (secondary N) is 1. The zero-order valence-electron chi connectivity index (χ0n) is 18.3. The van der Waals surface area contributed by atoms with E-state index < -0.39 is 23.6 Å². The van der Waals surface area contributed by atoms with Gasteiger partial charge >= 0.3 is 0 Å². The fraction of sp³-hybridized carbons (Fsp3) is 0.0800. The molecule has 0 saturated carbocycles. The molecule has 11 heteroatoms. The number of rotatable bonds is 7. The van der Waals surface area contributed by atoms with Crippen LogP contribution in [0.15, 0.2) is 74.5 Å². The molecule has 1 heterocycles. The van der Waals surface area contributed by atoms with Crippen LogP contribution in [0.3, 0.4) is 0 Å². The first kappa shape index (κ1) is 26.4. The highest BCUT2D eigenvalue weighted by atomic mass is 79.9. The molecule has 4 rings (SSSR count). The van der Waals surface area contributed by atoms with Crippen molar-refractivity contribution in [2.45, 2.75) is 6.61 Å². The summed E-state index contributed by atoms with van der Waals surface area (Å²) < 4.78 is 20.5. The summed E-state index contributed by atoms with van der Waals surface area (Å²) in [5, 5.41) is 2.48. The first-order valence-electron chi connectivity index (χ1n) is 10.4. The predicted octanol–water partition coefficient (Wildman–Crippen LogP) is 7.26. The van der Waals surface area contributed by atoms with E-state index in [1.54, 1.807) is 54.6 Å². The maximum absolute atomic E-state index is 13.2. The standard InChI is InChI=1S/C25H16Br2ClFN2O4S/c26-16-3-8-21(35-13-14-1-4-17(29)5-2-14)15(9-16)10-22-24(33)31(25(34)36-22)12-23(32)30-18-6-7-19(27)20(28)11-18/h1-11H,12-13H2,(H,30,32)/b22-10-. The molecule has 184 valence electrons. The minimum Gasteiger partial charge on any atom is -0.488 e. The molecule has 1 N–H and O–H groups in total. The molecule has 0 aliphatic carbocycles. The smallest absolute Gasteiger partial charge is 0.294 e. The number of amides is 3. The average molecular weight is 655 g/mol. The summed E-state index contributed by atoms with van der Waals surface area (Å²) in [4.78, 5) is 39.0. The van der Waals surface area contributed by atoms with E-state index in [0.29, 0.717) is 26.5 Å². The van der Waals surface area contributed by atoms with E-state index >= 15 is 0 Å². The van der Waals surface area contributed by atoms with Gasteiger partial charge in [0.1, 0.15) is 24.7 Å². The number of carbonyl (C=O) groups is 3. The molecule has 1 aliphatic heterocycles. The van der Waals surface area contributed by atoms with Crippen LogP contribution in [0, 0.1) is 5.82 Å². The van der Waals surface area contributed by atoms with Crippen molar-refractivity contribution in [3.05, 3.63) is 96.5 Å². The molecule has 0 unspecified atom stereocenters. The molecule has 0 spiro atoms. The lowest BCUT2D eigenvalue weighted by Crippen LogP contribution is -2.36. The van der Waals surface area contributed by atoms with Gasteiger partial charge in [-0.05, 0) is 87.9 Å². The first-order valence-corrected chi connectivity index (χ1v) is 13.1. The second-order valence-electron chi connectivity index (χ2n) is 7.54. The quantitative estimate of drug-likeness (QED) is 0.272. The largest absolute Gasteiger partial charge is 0.488 e. The van der Waals surface area contributed by atoms with Gasteiger partial charge in [-0.1, -0.05) is 39.7 Å². The molecular weight excluding hydrogens is 639 g/mol. The number of thioether (sulfide) groups is 1. The van der Waals surface area contributed by atoms with Crippen LogP contribution in [-0.2, 0) is 16.2 Å². The molecule has 0 bridgehead atoms. The highest BCUT2D eigenvalue weighted by Gasteiger charge is 2.36. The number of benzene rings is 3. The zero-order chi connectivity index (χ0) is 25.8. The van der Waals surface area contributed by atoms with Crippen LogP contribution in [0.1, 0.15) is 11.1 Å². The third-order valence-electron chi connectivity index (χ3n) is 4.94. The van der Waals surface area contributed by atoms with Gasteiger partial charge in [0.05, 0.1) is 9.93 Å². The Bertz CT molecular complexity index is 1380. The summed E-state index contributed by atoms with van der Waals surface area (Å²) in [6, 6.07) is 16.0. The number of nitrogens with zero attached hydrogens (tertiary/aromatic N) is 1. The summed E-state index contributed by atoms with van der Waals surface area (Å²) in [5.74, 6) is -0.992. The number of hydrogen-bond donors (Lipinski definition) is 1. The van der Waals surface area contributed by atoms with Gasteiger partial charge in [0.15, 0.2) is 0 Å². The van der Waals surface area contributed by atoms with Crippen molar-refractivity contribution in [3.8, 4) is 5.75 Å². The van der Waals surface area contributed by atoms with E-state index in [1.165, 1.54) is 12.1 Å². The molecule has 1 aliphatic rings. The van der Waals surface area contributed by atoms with Crippen molar-refractivity contribution in [2.24, 2.45) is 0 Å². The second-order valence-corrected chi connectivity index (χ2v) is 10.7. The van der Waals surface area contributed by atoms with Gasteiger partial charge in [-0.2, -0.15) is 0 Å². The van der Waals surface area contributed by atoms with Crippen LogP contribution in [0.4, 0.5) is 14.9 Å². The topological polar surface area (TPSA) is 75.7 Å². The number of anilines is 1. The normalized spacial score (nSPS) is 14.4. The lowest BCUT2D eigenvalue weighted by Gasteiger charge is -2.13. The highest BCUT2D eigenvalue weighted by Crippen LogP contribution is 2.35. The van der Waals surface area contributed by atoms with Crippen LogP contribution in [0.25, 0.3) is 6.08 Å². The summed E-state index contributed by atoms with van der Waals surface area (Å²) in [7, 11) is 0. The molecule has 0 radical (unpaired) electrons. The molecule has 3 amide bonds. The van der Waals surface area contributed by atoms with Gasteiger partial charge < -0.3 is 10.1 Å². The number of hydrogen-bond acceptors (Lipinski definition) is 5. The number of imide groups is 1. The number of halogens is 4. The molecule has 3 aromatic carbocycles. The Kier molecular flexibility index (Phi) is 8.50. The molecule has 1 fully saturated rings. The van der Waals surface area contributed by atoms with E-state index in [9.17, 15) is 18.8 Å². The zero-order valence-corrected chi connectivity index (χ0v) is 23.0. The van der Waals surface area contributed by atoms with E-state index in [4.69, 9.17) is 16.3 Å². The summed E-state index contributed by atoms with van der Waals surface area (Å²) in [5.41, 5.74) is 1.77. The lowest BCUT2D eigenvalue weighted by atomic mass is 10.1. The van der Waals surface area contributed by atoms with Crippen molar-refractivity contribution < 1.29 is 23.5 Å². The van der Waals surface area contributed by atoms with Crippen LogP contribution in [0.2, 0.25) is 5.02 Å². The van der Waals surface area contributed by atoms with Gasteiger partial charge in [-0.15, -0.1) is 0 Å². The summed E-state index contributed by atoms with van der Waals surface area (Å²) in [6.07, 6.45) is 1.54. The Morgan fingerprint density at radius 1 is 1.08 bits per heavy atom. The SMILES string of the molecule is O=C(CN1C(=O)S/C(=C\c2cc(Br)ccc2OCc2ccc(F)cc2)C1=O)Nc1ccc(Br)c(Cl)c1. The molecule has 3 aromatic rings. The van der Waals surface area contributed by atoms with Crippen LogP contribution >= 0.6 is 55.2 Å². The summed E-state index contributed by atoms with van der Waals surface area (Å²) >= 11 is 13.5. The van der Waals surface area contributed by atoms with Gasteiger partial charge in [0.2, 0.25) is 5.91 Å². The first-order chi connectivity index (χ1) is 17.2. The second kappa shape index (κ2) is 11.6. The van der Waals surface area contributed by atoms with Crippen molar-refractivity contribution in [2.75, 3.05) is 11.9 Å². The number of ether oxygens (including phenoxy) is 1. The minimum absolute atomic E-state index is 0.157. The predicted molar refractivity (Wildman–Crippen MR) is 145 cm³/mol. The third kappa shape index (κ3) is 6.56. The molecule has 0 atom stereocenters. The van der Waals surface area contributed by atoms with Crippen LogP contribution in [0.5, 0.6) is 5.75 Å². The maximum Gasteiger partial charge on any atom is 0.294 e. The van der Waals surface area contributed by atoms with E-state index in [0.717, 1.165) is 26.7 Å². The molecule has 36 heavy (non-hydrogen) atoms. The summed E-state index contributed by atoms with van der Waals surface area (Å²) in [6.45, 7) is -0.257. The Hall–Kier alpha value is -2.66. The van der Waals surface area contributed by atoms with Gasteiger partial charge in [-0.3, -0.25) is 19.3 Å². The Labute approximate surface area is 232 Å². The van der Waals surface area contributed by atoms with Crippen molar-refractivity contribution in [1.29, 1.82) is 0 Å². The van der Waals surface area contributed by atoms with E-state index in [2.05, 4.69) is 37.2 Å². The Morgan fingerprint density at radius 2 is 1.83 bits per heavy atom. The molecule has 0 aromatic heterocycles. The molecule has 1 saturated heterocycles. The third-order valence-corrected chi connectivity index (χ3v) is 7.58. The molecule has 6 nitrogen and oxygen atoms in total. The fourth-order valence-corrected chi connectivity index (χ4v) is 4.84. The fourth-order valence-electron chi connectivity index (χ4n) is 3.20. The lowest BCUT2D eigenvalue weighted by molar-refractivity contribution is -0.127. The van der Waals surface area contributed by atoms with Crippen LogP contribution in [-0.4, -0.2) is 28.5 Å². The average Bonchev–Trinajstić information content (AvgIpc) is 3.09. The van der Waals surface area contributed by atoms with E-state index in [-0.39, 0.29) is 17.3 Å². The van der Waals surface area contributed by atoms with Crippen molar-refractivity contribution in [1.82, 2.24) is 4.90 Å².